The minimum atomic E-state index is -4.67. The van der Waals surface area contributed by atoms with Crippen molar-refractivity contribution in [2.45, 2.75) is 24.5 Å². The topological polar surface area (TPSA) is 75.7 Å². The van der Waals surface area contributed by atoms with Crippen LogP contribution in [-0.2, 0) is 27.5 Å². The maximum atomic E-state index is 12.8. The second-order valence-electron chi connectivity index (χ2n) is 6.18. The van der Waals surface area contributed by atoms with Crippen molar-refractivity contribution in [3.8, 4) is 5.75 Å². The minimum absolute atomic E-state index is 0.233. The standard InChI is InChI=1S/C19H21F3N2O4S/c1-3-28-16-9-7-14(8-10-16)13-24(2)18(25)12-23-29(26,27)17-6-4-5-15(11-17)19(20,21)22/h4-11,23H,3,12-13H2,1-2H3. The number of halogens is 3. The van der Waals surface area contributed by atoms with Crippen LogP contribution in [0.15, 0.2) is 53.4 Å². The maximum Gasteiger partial charge on any atom is 0.416 e. The molecule has 0 aromatic heterocycles. The van der Waals surface area contributed by atoms with Crippen LogP contribution in [0.25, 0.3) is 0 Å². The fourth-order valence-electron chi connectivity index (χ4n) is 2.43. The Labute approximate surface area is 167 Å². The number of sulfonamides is 1. The van der Waals surface area contributed by atoms with E-state index in [1.54, 1.807) is 24.3 Å². The fraction of sp³-hybridized carbons (Fsp3) is 0.316. The van der Waals surface area contributed by atoms with Crippen LogP contribution in [-0.4, -0.2) is 39.4 Å². The van der Waals surface area contributed by atoms with Crippen LogP contribution in [0.5, 0.6) is 5.75 Å². The first kappa shape index (κ1) is 22.7. The smallest absolute Gasteiger partial charge is 0.416 e. The number of carbonyl (C=O) groups is 1. The van der Waals surface area contributed by atoms with Crippen molar-refractivity contribution in [3.05, 3.63) is 59.7 Å². The molecule has 1 N–H and O–H groups in total. The second-order valence-corrected chi connectivity index (χ2v) is 7.94. The van der Waals surface area contributed by atoms with Gasteiger partial charge in [0.05, 0.1) is 23.6 Å². The quantitative estimate of drug-likeness (QED) is 0.699. The molecular weight excluding hydrogens is 409 g/mol. The summed E-state index contributed by atoms with van der Waals surface area (Å²) >= 11 is 0. The van der Waals surface area contributed by atoms with Gasteiger partial charge in [0.1, 0.15) is 5.75 Å². The number of alkyl halides is 3. The highest BCUT2D eigenvalue weighted by Gasteiger charge is 2.31. The largest absolute Gasteiger partial charge is 0.494 e. The number of carbonyl (C=O) groups excluding carboxylic acids is 1. The summed E-state index contributed by atoms with van der Waals surface area (Å²) in [5, 5.41) is 0. The Morgan fingerprint density at radius 1 is 1.14 bits per heavy atom. The zero-order chi connectivity index (χ0) is 21.7. The predicted molar refractivity (Wildman–Crippen MR) is 101 cm³/mol. The van der Waals surface area contributed by atoms with Crippen molar-refractivity contribution in [3.63, 3.8) is 0 Å². The van der Waals surface area contributed by atoms with Crippen LogP contribution in [0.2, 0.25) is 0 Å². The Kier molecular flexibility index (Phi) is 7.26. The van der Waals surface area contributed by atoms with Crippen LogP contribution in [0.1, 0.15) is 18.1 Å². The van der Waals surface area contributed by atoms with E-state index in [4.69, 9.17) is 4.74 Å². The van der Waals surface area contributed by atoms with Crippen molar-refractivity contribution in [1.82, 2.24) is 9.62 Å². The number of hydrogen-bond acceptors (Lipinski definition) is 4. The van der Waals surface area contributed by atoms with Crippen LogP contribution >= 0.6 is 0 Å². The molecule has 0 radical (unpaired) electrons. The molecule has 0 aliphatic heterocycles. The highest BCUT2D eigenvalue weighted by Crippen LogP contribution is 2.30. The van der Waals surface area contributed by atoms with Crippen molar-refractivity contribution in [1.29, 1.82) is 0 Å². The van der Waals surface area contributed by atoms with Gasteiger partial charge in [-0.1, -0.05) is 18.2 Å². The SMILES string of the molecule is CCOc1ccc(CN(C)C(=O)CNS(=O)(=O)c2cccc(C(F)(F)F)c2)cc1. The number of rotatable bonds is 8. The summed E-state index contributed by atoms with van der Waals surface area (Å²) in [6.07, 6.45) is -4.67. The molecule has 0 fully saturated rings. The van der Waals surface area contributed by atoms with Crippen LogP contribution in [0, 0.1) is 0 Å². The van der Waals surface area contributed by atoms with Gasteiger partial charge in [-0.25, -0.2) is 13.1 Å². The lowest BCUT2D eigenvalue weighted by atomic mass is 10.2. The predicted octanol–water partition coefficient (Wildman–Crippen LogP) is 3.04. The molecule has 0 saturated heterocycles. The van der Waals surface area contributed by atoms with E-state index in [-0.39, 0.29) is 6.54 Å². The van der Waals surface area contributed by atoms with Gasteiger partial charge in [-0.2, -0.15) is 13.2 Å². The molecule has 6 nitrogen and oxygen atoms in total. The van der Waals surface area contributed by atoms with E-state index in [1.807, 2.05) is 11.6 Å². The number of hydrogen-bond donors (Lipinski definition) is 1. The van der Waals surface area contributed by atoms with E-state index in [0.29, 0.717) is 18.4 Å². The molecule has 2 aromatic rings. The molecule has 0 unspecified atom stereocenters. The molecule has 2 rings (SSSR count). The second kappa shape index (κ2) is 9.27. The third-order valence-corrected chi connectivity index (χ3v) is 5.36. The molecule has 0 aliphatic rings. The average molecular weight is 430 g/mol. The molecule has 158 valence electrons. The summed E-state index contributed by atoms with van der Waals surface area (Å²) in [6, 6.07) is 10.4. The lowest BCUT2D eigenvalue weighted by Crippen LogP contribution is -2.37. The molecular formula is C19H21F3N2O4S. The zero-order valence-corrected chi connectivity index (χ0v) is 16.7. The summed E-state index contributed by atoms with van der Waals surface area (Å²) in [6.45, 7) is 2.05. The molecule has 0 saturated carbocycles. The summed E-state index contributed by atoms with van der Waals surface area (Å²) in [5.41, 5.74) is -0.274. The van der Waals surface area contributed by atoms with Gasteiger partial charge in [-0.05, 0) is 42.8 Å². The van der Waals surface area contributed by atoms with Crippen molar-refractivity contribution in [2.75, 3.05) is 20.2 Å². The summed E-state index contributed by atoms with van der Waals surface area (Å²) in [5.74, 6) is 0.161. The molecule has 0 atom stereocenters. The average Bonchev–Trinajstić information content (AvgIpc) is 2.67. The van der Waals surface area contributed by atoms with Crippen LogP contribution < -0.4 is 9.46 Å². The molecule has 0 spiro atoms. The van der Waals surface area contributed by atoms with E-state index < -0.39 is 39.1 Å². The number of amides is 1. The third-order valence-electron chi connectivity index (χ3n) is 3.96. The number of nitrogens with zero attached hydrogens (tertiary/aromatic N) is 1. The van der Waals surface area contributed by atoms with Gasteiger partial charge in [0.25, 0.3) is 0 Å². The molecule has 10 heteroatoms. The summed E-state index contributed by atoms with van der Waals surface area (Å²) in [4.78, 5) is 13.0. The Morgan fingerprint density at radius 3 is 2.38 bits per heavy atom. The molecule has 2 aromatic carbocycles. The van der Waals surface area contributed by atoms with Gasteiger partial charge >= 0.3 is 6.18 Å². The van der Waals surface area contributed by atoms with Gasteiger partial charge in [0.15, 0.2) is 0 Å². The number of benzene rings is 2. The van der Waals surface area contributed by atoms with Gasteiger partial charge in [0.2, 0.25) is 15.9 Å². The minimum Gasteiger partial charge on any atom is -0.494 e. The van der Waals surface area contributed by atoms with E-state index >= 15 is 0 Å². The van der Waals surface area contributed by atoms with Crippen LogP contribution in [0.4, 0.5) is 13.2 Å². The van der Waals surface area contributed by atoms with Gasteiger partial charge in [0, 0.05) is 13.6 Å². The van der Waals surface area contributed by atoms with Gasteiger partial charge in [-0.3, -0.25) is 4.79 Å². The molecule has 1 amide bonds. The first-order valence-corrected chi connectivity index (χ1v) is 10.1. The van der Waals surface area contributed by atoms with Crippen LogP contribution in [0.3, 0.4) is 0 Å². The Bertz CT molecular complexity index is 945. The normalized spacial score (nSPS) is 11.9. The first-order chi connectivity index (χ1) is 13.5. The molecule has 0 aliphatic carbocycles. The van der Waals surface area contributed by atoms with Gasteiger partial charge in [-0.15, -0.1) is 0 Å². The van der Waals surface area contributed by atoms with E-state index in [9.17, 15) is 26.4 Å². The first-order valence-electron chi connectivity index (χ1n) is 8.65. The molecule has 0 bridgehead atoms. The number of likely N-dealkylation sites (N-methyl/N-ethyl adjacent to an activating group) is 1. The molecule has 0 heterocycles. The Hall–Kier alpha value is -2.59. The summed E-state index contributed by atoms with van der Waals surface area (Å²) in [7, 11) is -2.77. The fourth-order valence-corrected chi connectivity index (χ4v) is 3.45. The van der Waals surface area contributed by atoms with Gasteiger partial charge < -0.3 is 9.64 Å². The third kappa shape index (κ3) is 6.47. The highest BCUT2D eigenvalue weighted by atomic mass is 32.2. The zero-order valence-electron chi connectivity index (χ0n) is 15.9. The van der Waals surface area contributed by atoms with Crippen molar-refractivity contribution >= 4 is 15.9 Å². The summed E-state index contributed by atoms with van der Waals surface area (Å²) < 4.78 is 70.1. The number of ether oxygens (including phenoxy) is 1. The van der Waals surface area contributed by atoms with E-state index in [0.717, 1.165) is 23.8 Å². The lowest BCUT2D eigenvalue weighted by Gasteiger charge is -2.18. The monoisotopic (exact) mass is 430 g/mol. The van der Waals surface area contributed by atoms with Crippen molar-refractivity contribution in [2.24, 2.45) is 0 Å². The number of nitrogens with one attached hydrogen (secondary N) is 1. The molecule has 29 heavy (non-hydrogen) atoms. The highest BCUT2D eigenvalue weighted by molar-refractivity contribution is 7.89. The Balaban J connectivity index is 1.98. The van der Waals surface area contributed by atoms with E-state index in [1.165, 1.54) is 11.9 Å². The van der Waals surface area contributed by atoms with E-state index in [2.05, 4.69) is 0 Å². The maximum absolute atomic E-state index is 12.8. The van der Waals surface area contributed by atoms with Crippen molar-refractivity contribution < 1.29 is 31.1 Å². The lowest BCUT2D eigenvalue weighted by molar-refractivity contribution is -0.137. The Morgan fingerprint density at radius 2 is 1.79 bits per heavy atom.